The van der Waals surface area contributed by atoms with E-state index >= 15 is 0 Å². The van der Waals surface area contributed by atoms with Gasteiger partial charge in [0, 0.05) is 6.42 Å². The number of hydrogen-bond acceptors (Lipinski definition) is 1. The Morgan fingerprint density at radius 2 is 1.86 bits per heavy atom. The van der Waals surface area contributed by atoms with Crippen LogP contribution >= 0.6 is 0 Å². The third-order valence-corrected chi connectivity index (χ3v) is 3.31. The molecule has 0 amide bonds. The van der Waals surface area contributed by atoms with Crippen LogP contribution in [0.1, 0.15) is 20.3 Å². The fraction of sp³-hybridized carbons (Fsp3) is 0.538. The fourth-order valence-electron chi connectivity index (χ4n) is 2.52. The molecule has 3 rings (SSSR count). The molecule has 0 radical (unpaired) electrons. The maximum atomic E-state index is 5.57. The van der Waals surface area contributed by atoms with Crippen molar-refractivity contribution >= 4 is 0 Å². The van der Waals surface area contributed by atoms with E-state index in [1.807, 2.05) is 0 Å². The summed E-state index contributed by atoms with van der Waals surface area (Å²) in [7, 11) is 0. The van der Waals surface area contributed by atoms with Gasteiger partial charge in [-0.15, -0.1) is 0 Å². The van der Waals surface area contributed by atoms with Crippen molar-refractivity contribution in [3.8, 4) is 0 Å². The summed E-state index contributed by atoms with van der Waals surface area (Å²) < 4.78 is 5.57. The van der Waals surface area contributed by atoms with Gasteiger partial charge in [-0.3, -0.25) is 0 Å². The Kier molecular flexibility index (Phi) is 1.72. The van der Waals surface area contributed by atoms with Crippen LogP contribution in [0.25, 0.3) is 0 Å². The van der Waals surface area contributed by atoms with Crippen LogP contribution in [-0.4, -0.2) is 12.2 Å². The van der Waals surface area contributed by atoms with Crippen LogP contribution in [0.2, 0.25) is 0 Å². The number of epoxide rings is 1. The molecule has 0 spiro atoms. The smallest absolute Gasteiger partial charge is 0.109 e. The van der Waals surface area contributed by atoms with Gasteiger partial charge in [0.2, 0.25) is 0 Å². The average molecular weight is 188 g/mol. The molecule has 4 unspecified atom stereocenters. The molecule has 0 aromatic heterocycles. The van der Waals surface area contributed by atoms with E-state index in [-0.39, 0.29) is 0 Å². The van der Waals surface area contributed by atoms with E-state index in [0.717, 1.165) is 6.42 Å². The molecular formula is C13H16O. The maximum absolute atomic E-state index is 5.57. The van der Waals surface area contributed by atoms with Gasteiger partial charge in [0.15, 0.2) is 0 Å². The second kappa shape index (κ2) is 2.83. The molecule has 0 bridgehead atoms. The molecule has 1 nitrogen and oxygen atoms in total. The van der Waals surface area contributed by atoms with Crippen LogP contribution < -0.4 is 0 Å². The summed E-state index contributed by atoms with van der Waals surface area (Å²) in [5, 5.41) is 0. The SMILES string of the molecule is CC1/C=C\C(C)/C=C2\C(=C/1)CC1OC21. The summed E-state index contributed by atoms with van der Waals surface area (Å²) in [6.45, 7) is 4.50. The quantitative estimate of drug-likeness (QED) is 0.420. The normalized spacial score (nSPS) is 54.1. The summed E-state index contributed by atoms with van der Waals surface area (Å²) in [5.41, 5.74) is 3.01. The lowest BCUT2D eigenvalue weighted by atomic mass is 9.94. The van der Waals surface area contributed by atoms with Gasteiger partial charge >= 0.3 is 0 Å². The summed E-state index contributed by atoms with van der Waals surface area (Å²) in [6, 6.07) is 0. The van der Waals surface area contributed by atoms with E-state index in [2.05, 4.69) is 38.2 Å². The van der Waals surface area contributed by atoms with Crippen LogP contribution in [-0.2, 0) is 4.74 Å². The van der Waals surface area contributed by atoms with E-state index in [1.165, 1.54) is 11.1 Å². The van der Waals surface area contributed by atoms with Gasteiger partial charge in [0.05, 0.1) is 6.10 Å². The molecule has 1 aliphatic heterocycles. The van der Waals surface area contributed by atoms with Gasteiger partial charge in [-0.2, -0.15) is 0 Å². The van der Waals surface area contributed by atoms with Gasteiger partial charge in [0.1, 0.15) is 6.10 Å². The largest absolute Gasteiger partial charge is 0.364 e. The van der Waals surface area contributed by atoms with Crippen LogP contribution in [0.15, 0.2) is 35.5 Å². The van der Waals surface area contributed by atoms with E-state index in [4.69, 9.17) is 4.74 Å². The molecule has 1 heteroatoms. The standard InChI is InChI=1S/C13H16O/c1-8-3-4-9(2)6-11-10(5-8)7-12-13(11)14-12/h3-6,8-9,12-13H,7H2,1-2H3/b4-3-,10-5-,11-6+. The first-order chi connectivity index (χ1) is 6.74. The maximum Gasteiger partial charge on any atom is 0.109 e. The number of fused-ring (bicyclic) bond motifs is 3. The molecular weight excluding hydrogens is 172 g/mol. The predicted octanol–water partition coefficient (Wildman–Crippen LogP) is 2.85. The Balaban J connectivity index is 2.01. The fourth-order valence-corrected chi connectivity index (χ4v) is 2.52. The second-order valence-electron chi connectivity index (χ2n) is 4.72. The molecule has 0 aromatic carbocycles. The summed E-state index contributed by atoms with van der Waals surface area (Å²) in [5.74, 6) is 1.13. The van der Waals surface area contributed by atoms with E-state index in [0.29, 0.717) is 24.0 Å². The molecule has 0 aromatic rings. The van der Waals surface area contributed by atoms with Crippen molar-refractivity contribution in [2.24, 2.45) is 11.8 Å². The molecule has 74 valence electrons. The Labute approximate surface area is 85.1 Å². The monoisotopic (exact) mass is 188 g/mol. The van der Waals surface area contributed by atoms with E-state index < -0.39 is 0 Å². The Morgan fingerprint density at radius 1 is 1.14 bits per heavy atom. The van der Waals surface area contributed by atoms with Gasteiger partial charge in [0.25, 0.3) is 0 Å². The second-order valence-corrected chi connectivity index (χ2v) is 4.72. The first-order valence-electron chi connectivity index (χ1n) is 5.50. The number of allylic oxidation sites excluding steroid dienone is 4. The third-order valence-electron chi connectivity index (χ3n) is 3.31. The molecule has 2 fully saturated rings. The number of rotatable bonds is 0. The molecule has 3 aliphatic rings. The third kappa shape index (κ3) is 1.27. The molecule has 1 saturated heterocycles. The summed E-state index contributed by atoms with van der Waals surface area (Å²) >= 11 is 0. The minimum Gasteiger partial charge on any atom is -0.364 e. The van der Waals surface area contributed by atoms with Crippen molar-refractivity contribution in [3.63, 3.8) is 0 Å². The zero-order valence-electron chi connectivity index (χ0n) is 8.73. The number of ether oxygens (including phenoxy) is 1. The zero-order valence-corrected chi connectivity index (χ0v) is 8.73. The lowest BCUT2D eigenvalue weighted by Crippen LogP contribution is -2.00. The Hall–Kier alpha value is -0.820. The van der Waals surface area contributed by atoms with Crippen LogP contribution in [0, 0.1) is 11.8 Å². The first-order valence-corrected chi connectivity index (χ1v) is 5.50. The molecule has 4 atom stereocenters. The summed E-state index contributed by atoms with van der Waals surface area (Å²) in [4.78, 5) is 0. The van der Waals surface area contributed by atoms with Crippen molar-refractivity contribution in [1.29, 1.82) is 0 Å². The molecule has 1 heterocycles. The Bertz CT molecular complexity index is 348. The van der Waals surface area contributed by atoms with E-state index in [9.17, 15) is 0 Å². The minimum absolute atomic E-state index is 0.447. The van der Waals surface area contributed by atoms with Crippen LogP contribution in [0.5, 0.6) is 0 Å². The van der Waals surface area contributed by atoms with Crippen molar-refractivity contribution in [2.45, 2.75) is 32.5 Å². The predicted molar refractivity (Wildman–Crippen MR) is 56.9 cm³/mol. The average Bonchev–Trinajstić information content (AvgIpc) is 2.81. The van der Waals surface area contributed by atoms with Crippen LogP contribution in [0.4, 0.5) is 0 Å². The van der Waals surface area contributed by atoms with Crippen molar-refractivity contribution in [1.82, 2.24) is 0 Å². The van der Waals surface area contributed by atoms with Crippen molar-refractivity contribution in [3.05, 3.63) is 35.5 Å². The van der Waals surface area contributed by atoms with Gasteiger partial charge < -0.3 is 4.74 Å². The number of hydrogen-bond donors (Lipinski definition) is 0. The lowest BCUT2D eigenvalue weighted by Gasteiger charge is -2.12. The molecule has 14 heavy (non-hydrogen) atoms. The van der Waals surface area contributed by atoms with Crippen molar-refractivity contribution < 1.29 is 4.74 Å². The van der Waals surface area contributed by atoms with E-state index in [1.54, 1.807) is 0 Å². The highest BCUT2D eigenvalue weighted by Crippen LogP contribution is 2.47. The highest BCUT2D eigenvalue weighted by atomic mass is 16.6. The topological polar surface area (TPSA) is 12.5 Å². The molecule has 2 aliphatic carbocycles. The summed E-state index contributed by atoms with van der Waals surface area (Å²) in [6.07, 6.45) is 11.5. The van der Waals surface area contributed by atoms with Gasteiger partial charge in [-0.05, 0) is 23.0 Å². The van der Waals surface area contributed by atoms with Crippen molar-refractivity contribution in [2.75, 3.05) is 0 Å². The van der Waals surface area contributed by atoms with Crippen LogP contribution in [0.3, 0.4) is 0 Å². The zero-order chi connectivity index (χ0) is 9.71. The highest BCUT2D eigenvalue weighted by Gasteiger charge is 2.49. The first kappa shape index (κ1) is 8.49. The minimum atomic E-state index is 0.447. The Morgan fingerprint density at radius 3 is 2.64 bits per heavy atom. The van der Waals surface area contributed by atoms with Gasteiger partial charge in [-0.1, -0.05) is 38.2 Å². The lowest BCUT2D eigenvalue weighted by molar-refractivity contribution is 0.369. The van der Waals surface area contributed by atoms with Gasteiger partial charge in [-0.25, -0.2) is 0 Å². The highest BCUT2D eigenvalue weighted by molar-refractivity contribution is 5.47. The molecule has 1 saturated carbocycles. The molecule has 0 N–H and O–H groups in total.